The van der Waals surface area contributed by atoms with Gasteiger partial charge in [-0.15, -0.1) is 0 Å². The van der Waals surface area contributed by atoms with Gasteiger partial charge in [0.2, 0.25) is 0 Å². The quantitative estimate of drug-likeness (QED) is 0.707. The van der Waals surface area contributed by atoms with Crippen molar-refractivity contribution in [3.63, 3.8) is 0 Å². The van der Waals surface area contributed by atoms with Gasteiger partial charge in [0.25, 0.3) is 11.1 Å². The Morgan fingerprint density at radius 2 is 2.00 bits per heavy atom. The van der Waals surface area contributed by atoms with Gasteiger partial charge in [0, 0.05) is 6.54 Å². The second kappa shape index (κ2) is 8.06. The van der Waals surface area contributed by atoms with Gasteiger partial charge in [-0.05, 0) is 48.9 Å². The Kier molecular flexibility index (Phi) is 6.10. The lowest BCUT2D eigenvalue weighted by Crippen LogP contribution is -2.29. The van der Waals surface area contributed by atoms with Crippen LogP contribution in [0.4, 0.5) is 4.79 Å². The maximum absolute atomic E-state index is 12.3. The minimum atomic E-state index is -0.221. The Bertz CT molecular complexity index is 627. The van der Waals surface area contributed by atoms with Crippen molar-refractivity contribution < 1.29 is 19.1 Å². The molecule has 124 valence electrons. The van der Waals surface area contributed by atoms with Gasteiger partial charge in [-0.1, -0.05) is 19.4 Å². The zero-order valence-corrected chi connectivity index (χ0v) is 14.4. The highest BCUT2D eigenvalue weighted by Crippen LogP contribution is 2.34. The third-order valence-corrected chi connectivity index (χ3v) is 4.30. The van der Waals surface area contributed by atoms with Gasteiger partial charge < -0.3 is 9.47 Å². The Morgan fingerprint density at radius 1 is 1.22 bits per heavy atom. The van der Waals surface area contributed by atoms with Gasteiger partial charge in [0.15, 0.2) is 11.5 Å². The van der Waals surface area contributed by atoms with Crippen LogP contribution in [-0.4, -0.2) is 36.3 Å². The van der Waals surface area contributed by atoms with Crippen LogP contribution in [0.5, 0.6) is 11.5 Å². The lowest BCUT2D eigenvalue weighted by atomic mass is 10.2. The van der Waals surface area contributed by atoms with Crippen LogP contribution in [0.25, 0.3) is 6.08 Å². The van der Waals surface area contributed by atoms with E-state index in [0.717, 1.165) is 30.2 Å². The third-order valence-electron chi connectivity index (χ3n) is 3.39. The second-order valence-corrected chi connectivity index (χ2v) is 6.02. The summed E-state index contributed by atoms with van der Waals surface area (Å²) in [5, 5.41) is -0.201. The van der Waals surface area contributed by atoms with E-state index < -0.39 is 0 Å². The Labute approximate surface area is 140 Å². The number of nitrogens with zero attached hydrogens (tertiary/aromatic N) is 1. The average molecular weight is 335 g/mol. The number of hydrogen-bond donors (Lipinski definition) is 0. The Morgan fingerprint density at radius 3 is 2.65 bits per heavy atom. The summed E-state index contributed by atoms with van der Waals surface area (Å²) in [5.41, 5.74) is 0.797. The minimum absolute atomic E-state index is 0.201. The second-order valence-electron chi connectivity index (χ2n) is 5.03. The van der Waals surface area contributed by atoms with Crippen LogP contribution >= 0.6 is 11.8 Å². The molecule has 1 aromatic rings. The van der Waals surface area contributed by atoms with Crippen LogP contribution in [0.3, 0.4) is 0 Å². The van der Waals surface area contributed by atoms with Gasteiger partial charge in [-0.3, -0.25) is 14.5 Å². The van der Waals surface area contributed by atoms with Crippen LogP contribution < -0.4 is 9.47 Å². The fraction of sp³-hybridized carbons (Fsp3) is 0.412. The molecule has 1 heterocycles. The largest absolute Gasteiger partial charge is 0.493 e. The molecule has 2 rings (SSSR count). The molecule has 1 fully saturated rings. The van der Waals surface area contributed by atoms with Crippen molar-refractivity contribution in [2.75, 3.05) is 20.3 Å². The number of amides is 2. The molecule has 23 heavy (non-hydrogen) atoms. The number of benzene rings is 1. The van der Waals surface area contributed by atoms with E-state index in [1.165, 1.54) is 4.90 Å². The van der Waals surface area contributed by atoms with Crippen LogP contribution in [0.1, 0.15) is 32.3 Å². The van der Waals surface area contributed by atoms with E-state index in [1.54, 1.807) is 25.3 Å². The van der Waals surface area contributed by atoms with E-state index in [2.05, 4.69) is 0 Å². The van der Waals surface area contributed by atoms with Crippen molar-refractivity contribution >= 4 is 29.0 Å². The zero-order chi connectivity index (χ0) is 16.8. The third kappa shape index (κ3) is 4.07. The predicted molar refractivity (Wildman–Crippen MR) is 91.7 cm³/mol. The van der Waals surface area contributed by atoms with Crippen LogP contribution in [0.2, 0.25) is 0 Å². The molecule has 6 heteroatoms. The smallest absolute Gasteiger partial charge is 0.293 e. The first kappa shape index (κ1) is 17.4. The summed E-state index contributed by atoms with van der Waals surface area (Å²) in [6.45, 7) is 4.96. The number of thioether (sulfide) groups is 1. The van der Waals surface area contributed by atoms with E-state index in [0.29, 0.717) is 29.6 Å². The number of imide groups is 1. The van der Waals surface area contributed by atoms with Gasteiger partial charge in [-0.2, -0.15) is 0 Å². The summed E-state index contributed by atoms with van der Waals surface area (Å²) in [5.74, 6) is 1.04. The first-order valence-corrected chi connectivity index (χ1v) is 8.48. The molecule has 0 radical (unpaired) electrons. The van der Waals surface area contributed by atoms with Crippen molar-refractivity contribution in [3.05, 3.63) is 28.7 Å². The summed E-state index contributed by atoms with van der Waals surface area (Å²) < 4.78 is 10.8. The first-order chi connectivity index (χ1) is 11.1. The number of carbonyl (C=O) groups is 2. The fourth-order valence-corrected chi connectivity index (χ4v) is 3.07. The molecule has 0 unspecified atom stereocenters. The molecule has 1 saturated heterocycles. The Balaban J connectivity index is 2.21. The van der Waals surface area contributed by atoms with Crippen molar-refractivity contribution in [1.29, 1.82) is 0 Å². The first-order valence-electron chi connectivity index (χ1n) is 7.66. The minimum Gasteiger partial charge on any atom is -0.493 e. The molecule has 1 aliphatic heterocycles. The van der Waals surface area contributed by atoms with Crippen LogP contribution in [-0.2, 0) is 4.79 Å². The van der Waals surface area contributed by atoms with Gasteiger partial charge >= 0.3 is 0 Å². The van der Waals surface area contributed by atoms with E-state index in [9.17, 15) is 9.59 Å². The molecule has 1 aliphatic rings. The van der Waals surface area contributed by atoms with E-state index in [1.807, 2.05) is 19.9 Å². The maximum atomic E-state index is 12.3. The molecule has 0 spiro atoms. The van der Waals surface area contributed by atoms with E-state index in [4.69, 9.17) is 9.47 Å². The molecule has 0 atom stereocenters. The lowest BCUT2D eigenvalue weighted by Gasteiger charge is -2.11. The maximum Gasteiger partial charge on any atom is 0.293 e. The number of methoxy groups -OCH3 is 1. The molecule has 0 N–H and O–H groups in total. The monoisotopic (exact) mass is 335 g/mol. The topological polar surface area (TPSA) is 55.8 Å². The van der Waals surface area contributed by atoms with Crippen molar-refractivity contribution in [3.8, 4) is 11.5 Å². The normalized spacial score (nSPS) is 16.3. The molecule has 0 saturated carbocycles. The highest BCUT2D eigenvalue weighted by atomic mass is 32.2. The highest BCUT2D eigenvalue weighted by Gasteiger charge is 2.34. The van der Waals surface area contributed by atoms with Gasteiger partial charge in [0.05, 0.1) is 18.6 Å². The summed E-state index contributed by atoms with van der Waals surface area (Å²) in [4.78, 5) is 26.0. The molecule has 5 nitrogen and oxygen atoms in total. The van der Waals surface area contributed by atoms with Gasteiger partial charge in [0.1, 0.15) is 0 Å². The highest BCUT2D eigenvalue weighted by molar-refractivity contribution is 8.18. The predicted octanol–water partition coefficient (Wildman–Crippen LogP) is 3.93. The molecular formula is C17H21NO4S. The van der Waals surface area contributed by atoms with E-state index >= 15 is 0 Å². The molecule has 1 aromatic carbocycles. The van der Waals surface area contributed by atoms with Crippen LogP contribution in [0, 0.1) is 0 Å². The number of rotatable bonds is 7. The lowest BCUT2D eigenvalue weighted by molar-refractivity contribution is -0.122. The van der Waals surface area contributed by atoms with Crippen LogP contribution in [0.15, 0.2) is 23.1 Å². The standard InChI is InChI=1S/C17H21NO4S/c1-4-6-9-18-16(19)15(23-17(18)20)11-12-7-8-13(22-5-2)14(10-12)21-3/h7-8,10-11H,4-6,9H2,1-3H3. The molecule has 0 aliphatic carbocycles. The number of carbonyl (C=O) groups excluding carboxylic acids is 2. The Hall–Kier alpha value is -1.95. The van der Waals surface area contributed by atoms with Gasteiger partial charge in [-0.25, -0.2) is 0 Å². The summed E-state index contributed by atoms with van der Waals surface area (Å²) in [6.07, 6.45) is 3.48. The summed E-state index contributed by atoms with van der Waals surface area (Å²) in [6, 6.07) is 5.44. The van der Waals surface area contributed by atoms with Crippen molar-refractivity contribution in [2.24, 2.45) is 0 Å². The van der Waals surface area contributed by atoms with Crippen molar-refractivity contribution in [1.82, 2.24) is 4.90 Å². The average Bonchev–Trinajstić information content (AvgIpc) is 2.81. The number of unbranched alkanes of at least 4 members (excludes halogenated alkanes) is 1. The molecular weight excluding hydrogens is 314 g/mol. The van der Waals surface area contributed by atoms with E-state index in [-0.39, 0.29) is 11.1 Å². The zero-order valence-electron chi connectivity index (χ0n) is 13.6. The molecule has 0 bridgehead atoms. The van der Waals surface area contributed by atoms with Crippen molar-refractivity contribution in [2.45, 2.75) is 26.7 Å². The number of hydrogen-bond acceptors (Lipinski definition) is 5. The number of ether oxygens (including phenoxy) is 2. The SMILES string of the molecule is CCCCN1C(=O)SC(=Cc2ccc(OCC)c(OC)c2)C1=O. The fourth-order valence-electron chi connectivity index (χ4n) is 2.21. The summed E-state index contributed by atoms with van der Waals surface area (Å²) in [7, 11) is 1.57. The summed E-state index contributed by atoms with van der Waals surface area (Å²) >= 11 is 0.981. The molecule has 2 amide bonds. The molecule has 0 aromatic heterocycles.